The van der Waals surface area contributed by atoms with Crippen molar-refractivity contribution in [2.24, 2.45) is 0 Å². The fourth-order valence-electron chi connectivity index (χ4n) is 2.73. The van der Waals surface area contributed by atoms with E-state index in [1.165, 1.54) is 5.56 Å². The van der Waals surface area contributed by atoms with E-state index in [0.717, 1.165) is 36.1 Å². The van der Waals surface area contributed by atoms with Gasteiger partial charge in [0.2, 0.25) is 0 Å². The second-order valence-corrected chi connectivity index (χ2v) is 5.78. The predicted octanol–water partition coefficient (Wildman–Crippen LogP) is 6.39. The van der Waals surface area contributed by atoms with Gasteiger partial charge in [-0.2, -0.15) is 0 Å². The summed E-state index contributed by atoms with van der Waals surface area (Å²) in [5.41, 5.74) is 4.35. The largest absolute Gasteiger partial charge is 0.204 e. The van der Waals surface area contributed by atoms with Crippen LogP contribution in [-0.4, -0.2) is 0 Å². The van der Waals surface area contributed by atoms with E-state index in [4.69, 9.17) is 0 Å². The fraction of sp³-hybridized carbons (Fsp3) is 0.143. The van der Waals surface area contributed by atoms with Crippen LogP contribution >= 0.6 is 0 Å². The Morgan fingerprint density at radius 3 is 1.50 bits per heavy atom. The van der Waals surface area contributed by atoms with Gasteiger partial charge in [0.05, 0.1) is 0 Å². The molecule has 0 aromatic heterocycles. The molecule has 0 heterocycles. The van der Waals surface area contributed by atoms with Crippen molar-refractivity contribution in [1.29, 1.82) is 0 Å². The molecule has 0 nitrogen and oxygen atoms in total. The summed E-state index contributed by atoms with van der Waals surface area (Å²) in [4.78, 5) is 0. The van der Waals surface area contributed by atoms with Crippen LogP contribution in [0.4, 0.5) is 13.2 Å². The number of hydrogen-bond donors (Lipinski definition) is 0. The Labute approximate surface area is 139 Å². The van der Waals surface area contributed by atoms with Gasteiger partial charge in [0.25, 0.3) is 0 Å². The lowest BCUT2D eigenvalue weighted by Gasteiger charge is -2.07. The Morgan fingerprint density at radius 1 is 0.625 bits per heavy atom. The van der Waals surface area contributed by atoms with Gasteiger partial charge in [0.15, 0.2) is 17.5 Å². The van der Waals surface area contributed by atoms with Crippen LogP contribution in [0.5, 0.6) is 0 Å². The molecule has 3 rings (SSSR count). The minimum absolute atomic E-state index is 0.316. The van der Waals surface area contributed by atoms with Gasteiger partial charge in [-0.3, -0.25) is 0 Å². The van der Waals surface area contributed by atoms with E-state index in [-0.39, 0.29) is 0 Å². The van der Waals surface area contributed by atoms with Crippen molar-refractivity contribution in [3.05, 3.63) is 83.7 Å². The zero-order valence-corrected chi connectivity index (χ0v) is 13.3. The van der Waals surface area contributed by atoms with E-state index in [2.05, 4.69) is 31.2 Å². The molecule has 3 aromatic carbocycles. The van der Waals surface area contributed by atoms with Crippen molar-refractivity contribution < 1.29 is 13.2 Å². The second kappa shape index (κ2) is 6.91. The molecule has 0 N–H and O–H groups in total. The zero-order valence-electron chi connectivity index (χ0n) is 13.3. The van der Waals surface area contributed by atoms with Crippen LogP contribution in [0.3, 0.4) is 0 Å². The van der Waals surface area contributed by atoms with Crippen molar-refractivity contribution in [2.45, 2.75) is 19.8 Å². The third-order valence-electron chi connectivity index (χ3n) is 4.03. The molecular weight excluding hydrogens is 309 g/mol. The fourth-order valence-corrected chi connectivity index (χ4v) is 2.73. The first-order valence-electron chi connectivity index (χ1n) is 7.93. The Morgan fingerprint density at radius 2 is 1.04 bits per heavy atom. The van der Waals surface area contributed by atoms with E-state index in [0.29, 0.717) is 11.1 Å². The molecule has 0 aliphatic heterocycles. The average Bonchev–Trinajstić information content (AvgIpc) is 2.60. The second-order valence-electron chi connectivity index (χ2n) is 5.78. The SMILES string of the molecule is CCCc1ccc(-c2ccc(-c3cc(F)c(F)c(F)c3)cc2)cc1. The lowest BCUT2D eigenvalue weighted by atomic mass is 9.99. The van der Waals surface area contributed by atoms with Crippen LogP contribution in [0.1, 0.15) is 18.9 Å². The number of aryl methyl sites for hydroxylation is 1. The third kappa shape index (κ3) is 3.35. The molecule has 0 aliphatic carbocycles. The lowest BCUT2D eigenvalue weighted by Crippen LogP contribution is -1.91. The molecule has 0 bridgehead atoms. The molecule has 3 aromatic rings. The van der Waals surface area contributed by atoms with Gasteiger partial charge in [-0.1, -0.05) is 61.9 Å². The normalized spacial score (nSPS) is 10.8. The van der Waals surface area contributed by atoms with Gasteiger partial charge in [-0.25, -0.2) is 13.2 Å². The predicted molar refractivity (Wildman–Crippen MR) is 91.2 cm³/mol. The van der Waals surface area contributed by atoms with Gasteiger partial charge in [-0.05, 0) is 46.4 Å². The first-order chi connectivity index (χ1) is 11.6. The summed E-state index contributed by atoms with van der Waals surface area (Å²) >= 11 is 0. The summed E-state index contributed by atoms with van der Waals surface area (Å²) in [6.07, 6.45) is 2.17. The minimum atomic E-state index is -1.44. The highest BCUT2D eigenvalue weighted by atomic mass is 19.2. The maximum Gasteiger partial charge on any atom is 0.194 e. The van der Waals surface area contributed by atoms with E-state index >= 15 is 0 Å². The molecule has 0 amide bonds. The van der Waals surface area contributed by atoms with E-state index in [1.807, 2.05) is 12.1 Å². The summed E-state index contributed by atoms with van der Waals surface area (Å²) in [5, 5.41) is 0. The minimum Gasteiger partial charge on any atom is -0.204 e. The number of halogens is 3. The first-order valence-corrected chi connectivity index (χ1v) is 7.93. The highest BCUT2D eigenvalue weighted by molar-refractivity contribution is 5.70. The molecule has 0 fully saturated rings. The van der Waals surface area contributed by atoms with Crippen molar-refractivity contribution in [3.63, 3.8) is 0 Å². The van der Waals surface area contributed by atoms with Crippen LogP contribution in [0.2, 0.25) is 0 Å². The van der Waals surface area contributed by atoms with E-state index in [9.17, 15) is 13.2 Å². The molecule has 0 atom stereocenters. The Kier molecular flexibility index (Phi) is 4.70. The summed E-state index contributed by atoms with van der Waals surface area (Å²) in [5.74, 6) is -3.80. The summed E-state index contributed by atoms with van der Waals surface area (Å²) in [6.45, 7) is 2.15. The number of rotatable bonds is 4. The summed E-state index contributed by atoms with van der Waals surface area (Å²) in [6, 6.07) is 17.7. The van der Waals surface area contributed by atoms with E-state index < -0.39 is 17.5 Å². The van der Waals surface area contributed by atoms with Crippen LogP contribution in [0.15, 0.2) is 60.7 Å². The maximum absolute atomic E-state index is 13.4. The summed E-state index contributed by atoms with van der Waals surface area (Å²) < 4.78 is 39.8. The van der Waals surface area contributed by atoms with Gasteiger partial charge >= 0.3 is 0 Å². The Hall–Kier alpha value is -2.55. The van der Waals surface area contributed by atoms with Crippen LogP contribution in [0.25, 0.3) is 22.3 Å². The zero-order chi connectivity index (χ0) is 17.1. The van der Waals surface area contributed by atoms with E-state index in [1.54, 1.807) is 12.1 Å². The molecule has 0 saturated carbocycles. The molecule has 0 radical (unpaired) electrons. The van der Waals surface area contributed by atoms with Gasteiger partial charge in [0.1, 0.15) is 0 Å². The van der Waals surface area contributed by atoms with Crippen molar-refractivity contribution in [3.8, 4) is 22.3 Å². The molecular formula is C21H17F3. The Bertz CT molecular complexity index is 811. The smallest absolute Gasteiger partial charge is 0.194 e. The number of benzene rings is 3. The highest BCUT2D eigenvalue weighted by Crippen LogP contribution is 2.27. The molecule has 0 spiro atoms. The standard InChI is InChI=1S/C21H17F3/c1-2-3-14-4-6-15(7-5-14)16-8-10-17(11-9-16)18-12-19(22)21(24)20(23)13-18/h4-13H,2-3H2,1H3. The monoisotopic (exact) mass is 326 g/mol. The molecule has 122 valence electrons. The quantitative estimate of drug-likeness (QED) is 0.487. The lowest BCUT2D eigenvalue weighted by molar-refractivity contribution is 0.448. The van der Waals surface area contributed by atoms with Crippen LogP contribution in [0, 0.1) is 17.5 Å². The van der Waals surface area contributed by atoms with Gasteiger partial charge in [-0.15, -0.1) is 0 Å². The average molecular weight is 326 g/mol. The summed E-state index contributed by atoms with van der Waals surface area (Å²) in [7, 11) is 0. The van der Waals surface area contributed by atoms with Crippen molar-refractivity contribution in [2.75, 3.05) is 0 Å². The number of hydrogen-bond acceptors (Lipinski definition) is 0. The molecule has 0 unspecified atom stereocenters. The van der Waals surface area contributed by atoms with Crippen molar-refractivity contribution in [1.82, 2.24) is 0 Å². The van der Waals surface area contributed by atoms with Crippen LogP contribution in [-0.2, 0) is 6.42 Å². The molecule has 24 heavy (non-hydrogen) atoms. The topological polar surface area (TPSA) is 0 Å². The maximum atomic E-state index is 13.4. The first kappa shape index (κ1) is 16.3. The third-order valence-corrected chi connectivity index (χ3v) is 4.03. The van der Waals surface area contributed by atoms with Crippen molar-refractivity contribution >= 4 is 0 Å². The molecule has 0 saturated heterocycles. The Balaban J connectivity index is 1.88. The van der Waals surface area contributed by atoms with Gasteiger partial charge < -0.3 is 0 Å². The van der Waals surface area contributed by atoms with Gasteiger partial charge in [0, 0.05) is 0 Å². The highest BCUT2D eigenvalue weighted by Gasteiger charge is 2.11. The molecule has 0 aliphatic rings. The van der Waals surface area contributed by atoms with Crippen LogP contribution < -0.4 is 0 Å². The molecule has 3 heteroatoms.